The summed E-state index contributed by atoms with van der Waals surface area (Å²) in [6.07, 6.45) is 1.69. The van der Waals surface area contributed by atoms with Gasteiger partial charge in [-0.15, -0.1) is 0 Å². The van der Waals surface area contributed by atoms with Gasteiger partial charge in [0, 0.05) is 12.5 Å². The smallest absolute Gasteiger partial charge is 0.326 e. The van der Waals surface area contributed by atoms with Gasteiger partial charge in [0.1, 0.15) is 11.8 Å². The molecule has 1 aromatic carbocycles. The quantitative estimate of drug-likeness (QED) is 0.903. The fourth-order valence-electron chi connectivity index (χ4n) is 2.64. The Labute approximate surface area is 117 Å². The lowest BCUT2D eigenvalue weighted by atomic mass is 10.1. The van der Waals surface area contributed by atoms with Crippen LogP contribution in [0.25, 0.3) is 0 Å². The van der Waals surface area contributed by atoms with E-state index in [1.807, 2.05) is 24.3 Å². The predicted molar refractivity (Wildman–Crippen MR) is 71.5 cm³/mol. The summed E-state index contributed by atoms with van der Waals surface area (Å²) in [4.78, 5) is 25.2. The van der Waals surface area contributed by atoms with Crippen LogP contribution in [0.2, 0.25) is 0 Å². The van der Waals surface area contributed by atoms with Gasteiger partial charge in [-0.2, -0.15) is 0 Å². The van der Waals surface area contributed by atoms with E-state index >= 15 is 0 Å². The number of ether oxygens (including phenoxy) is 1. The number of amides is 1. The van der Waals surface area contributed by atoms with Crippen LogP contribution in [0.4, 0.5) is 0 Å². The van der Waals surface area contributed by atoms with Crippen molar-refractivity contribution in [1.29, 1.82) is 0 Å². The van der Waals surface area contributed by atoms with Gasteiger partial charge in [0.25, 0.3) is 5.91 Å². The summed E-state index contributed by atoms with van der Waals surface area (Å²) in [5.74, 6) is -0.455. The summed E-state index contributed by atoms with van der Waals surface area (Å²) in [6.45, 7) is 1.56. The third kappa shape index (κ3) is 2.24. The number of benzene rings is 1. The second-order valence-electron chi connectivity index (χ2n) is 5.41. The molecule has 0 aromatic heterocycles. The van der Waals surface area contributed by atoms with E-state index in [9.17, 15) is 9.59 Å². The lowest BCUT2D eigenvalue weighted by molar-refractivity contribution is -0.153. The lowest BCUT2D eigenvalue weighted by Crippen LogP contribution is -2.50. The van der Waals surface area contributed by atoms with E-state index in [0.717, 1.165) is 24.2 Å². The van der Waals surface area contributed by atoms with E-state index in [1.165, 1.54) is 4.90 Å². The summed E-state index contributed by atoms with van der Waals surface area (Å²) in [5.41, 5.74) is 1.00. The Morgan fingerprint density at radius 2 is 2.05 bits per heavy atom. The molecule has 0 bridgehead atoms. The molecule has 0 saturated heterocycles. The van der Waals surface area contributed by atoms with Crippen LogP contribution in [0, 0.1) is 0 Å². The van der Waals surface area contributed by atoms with Gasteiger partial charge in [-0.1, -0.05) is 18.2 Å². The average molecular weight is 275 g/mol. The van der Waals surface area contributed by atoms with Gasteiger partial charge in [0.15, 0.2) is 6.10 Å². The molecule has 2 unspecified atom stereocenters. The summed E-state index contributed by atoms with van der Waals surface area (Å²) in [6, 6.07) is 6.80. The third-order valence-corrected chi connectivity index (χ3v) is 3.89. The summed E-state index contributed by atoms with van der Waals surface area (Å²) >= 11 is 0. The third-order valence-electron chi connectivity index (χ3n) is 3.89. The second kappa shape index (κ2) is 4.81. The van der Waals surface area contributed by atoms with Crippen molar-refractivity contribution in [3.63, 3.8) is 0 Å². The van der Waals surface area contributed by atoms with E-state index in [0.29, 0.717) is 6.42 Å². The molecule has 1 fully saturated rings. The molecule has 106 valence electrons. The van der Waals surface area contributed by atoms with Crippen LogP contribution in [-0.2, 0) is 16.0 Å². The molecule has 1 saturated carbocycles. The number of carbonyl (C=O) groups excluding carboxylic acids is 1. The zero-order valence-electron chi connectivity index (χ0n) is 11.3. The highest BCUT2D eigenvalue weighted by Gasteiger charge is 2.43. The van der Waals surface area contributed by atoms with Crippen molar-refractivity contribution < 1.29 is 19.4 Å². The van der Waals surface area contributed by atoms with Crippen LogP contribution < -0.4 is 4.74 Å². The van der Waals surface area contributed by atoms with Crippen molar-refractivity contribution >= 4 is 11.9 Å². The number of hydrogen-bond donors (Lipinski definition) is 1. The molecule has 1 aliphatic carbocycles. The fourth-order valence-corrected chi connectivity index (χ4v) is 2.64. The number of rotatable bonds is 4. The predicted octanol–water partition coefficient (Wildman–Crippen LogP) is 1.45. The molecular formula is C15H17NO4. The Morgan fingerprint density at radius 1 is 1.35 bits per heavy atom. The van der Waals surface area contributed by atoms with Crippen molar-refractivity contribution in [2.75, 3.05) is 0 Å². The Hall–Kier alpha value is -2.04. The molecule has 20 heavy (non-hydrogen) atoms. The Bertz CT molecular complexity index is 528. The van der Waals surface area contributed by atoms with Crippen LogP contribution in [0.3, 0.4) is 0 Å². The van der Waals surface area contributed by atoms with Crippen molar-refractivity contribution in [2.45, 2.75) is 44.4 Å². The molecule has 1 N–H and O–H groups in total. The molecule has 1 aliphatic heterocycles. The molecule has 5 nitrogen and oxygen atoms in total. The summed E-state index contributed by atoms with van der Waals surface area (Å²) < 4.78 is 5.67. The van der Waals surface area contributed by atoms with Gasteiger partial charge in [-0.3, -0.25) is 4.79 Å². The van der Waals surface area contributed by atoms with Crippen LogP contribution in [0.5, 0.6) is 5.75 Å². The van der Waals surface area contributed by atoms with E-state index in [4.69, 9.17) is 9.84 Å². The first-order chi connectivity index (χ1) is 9.58. The zero-order valence-corrected chi connectivity index (χ0v) is 11.3. The van der Waals surface area contributed by atoms with Gasteiger partial charge in [0.05, 0.1) is 0 Å². The van der Waals surface area contributed by atoms with Gasteiger partial charge in [-0.25, -0.2) is 4.79 Å². The molecule has 1 heterocycles. The van der Waals surface area contributed by atoms with Gasteiger partial charge in [-0.05, 0) is 31.4 Å². The summed E-state index contributed by atoms with van der Waals surface area (Å²) in [7, 11) is 0. The van der Waals surface area contributed by atoms with Crippen LogP contribution in [0.1, 0.15) is 25.3 Å². The minimum atomic E-state index is -0.972. The monoisotopic (exact) mass is 275 g/mol. The normalized spacial score (nSPS) is 21.8. The lowest BCUT2D eigenvalue weighted by Gasteiger charge is -2.28. The molecule has 2 aliphatic rings. The van der Waals surface area contributed by atoms with E-state index in [-0.39, 0.29) is 11.9 Å². The molecule has 5 heteroatoms. The number of aliphatic carboxylic acids is 1. The first-order valence-corrected chi connectivity index (χ1v) is 6.87. The number of hydrogen-bond acceptors (Lipinski definition) is 3. The molecule has 1 amide bonds. The first kappa shape index (κ1) is 13.0. The number of fused-ring (bicyclic) bond motifs is 1. The van der Waals surface area contributed by atoms with Crippen molar-refractivity contribution in [3.8, 4) is 5.75 Å². The maximum Gasteiger partial charge on any atom is 0.326 e. The van der Waals surface area contributed by atoms with Gasteiger partial charge < -0.3 is 14.7 Å². The van der Waals surface area contributed by atoms with Gasteiger partial charge >= 0.3 is 5.97 Å². The highest BCUT2D eigenvalue weighted by molar-refractivity contribution is 5.87. The van der Waals surface area contributed by atoms with E-state index in [1.54, 1.807) is 6.92 Å². The maximum atomic E-state index is 12.6. The number of carbonyl (C=O) groups is 2. The Balaban J connectivity index is 1.77. The maximum absolute atomic E-state index is 12.6. The average Bonchev–Trinajstić information content (AvgIpc) is 3.16. The van der Waals surface area contributed by atoms with Crippen LogP contribution in [-0.4, -0.2) is 40.1 Å². The molecule has 2 atom stereocenters. The number of nitrogens with zero attached hydrogens (tertiary/aromatic N) is 1. The minimum Gasteiger partial charge on any atom is -0.480 e. The first-order valence-electron chi connectivity index (χ1n) is 6.87. The van der Waals surface area contributed by atoms with Crippen molar-refractivity contribution in [3.05, 3.63) is 29.8 Å². The minimum absolute atomic E-state index is 0.0564. The zero-order chi connectivity index (χ0) is 14.3. The number of para-hydroxylation sites is 1. The van der Waals surface area contributed by atoms with Crippen LogP contribution in [0.15, 0.2) is 24.3 Å². The second-order valence-corrected chi connectivity index (χ2v) is 5.41. The molecule has 0 spiro atoms. The molecule has 1 aromatic rings. The topological polar surface area (TPSA) is 66.8 Å². The largest absolute Gasteiger partial charge is 0.480 e. The fraction of sp³-hybridized carbons (Fsp3) is 0.467. The van der Waals surface area contributed by atoms with E-state index in [2.05, 4.69) is 0 Å². The Kier molecular flexibility index (Phi) is 3.12. The molecule has 3 rings (SSSR count). The molecular weight excluding hydrogens is 258 g/mol. The SMILES string of the molecule is CC(C(=O)O)N(C(=O)C1Cc2ccccc2O1)C1CC1. The molecule has 0 radical (unpaired) electrons. The highest BCUT2D eigenvalue weighted by Crippen LogP contribution is 2.33. The van der Waals surface area contributed by atoms with Gasteiger partial charge in [0.2, 0.25) is 0 Å². The number of carboxylic acid groups (broad SMARTS) is 1. The van der Waals surface area contributed by atoms with Crippen molar-refractivity contribution in [1.82, 2.24) is 4.90 Å². The summed E-state index contributed by atoms with van der Waals surface area (Å²) in [5, 5.41) is 9.16. The number of carboxylic acids is 1. The standard InChI is InChI=1S/C15H17NO4/c1-9(15(18)19)16(11-6-7-11)14(17)13-8-10-4-2-3-5-12(10)20-13/h2-5,9,11,13H,6-8H2,1H3,(H,18,19). The van der Waals surface area contributed by atoms with Crippen molar-refractivity contribution in [2.24, 2.45) is 0 Å². The highest BCUT2D eigenvalue weighted by atomic mass is 16.5. The Morgan fingerprint density at radius 3 is 2.65 bits per heavy atom. The van der Waals surface area contributed by atoms with Crippen LogP contribution >= 0.6 is 0 Å². The van der Waals surface area contributed by atoms with E-state index < -0.39 is 18.1 Å².